The van der Waals surface area contributed by atoms with E-state index in [-0.39, 0.29) is 23.5 Å². The van der Waals surface area contributed by atoms with Crippen molar-refractivity contribution in [3.8, 4) is 5.75 Å². The molecule has 0 saturated heterocycles. The van der Waals surface area contributed by atoms with Crippen LogP contribution in [0.1, 0.15) is 36.9 Å². The van der Waals surface area contributed by atoms with E-state index >= 15 is 0 Å². The van der Waals surface area contributed by atoms with Gasteiger partial charge in [0.1, 0.15) is 5.75 Å². The van der Waals surface area contributed by atoms with Crippen LogP contribution in [0, 0.1) is 24.0 Å². The predicted molar refractivity (Wildman–Crippen MR) is 123 cm³/mol. The van der Waals surface area contributed by atoms with Crippen LogP contribution >= 0.6 is 11.8 Å². The minimum atomic E-state index is -0.503. The molecule has 1 unspecified atom stereocenters. The van der Waals surface area contributed by atoms with Gasteiger partial charge in [0.25, 0.3) is 5.69 Å². The van der Waals surface area contributed by atoms with Crippen molar-refractivity contribution in [1.29, 1.82) is 0 Å². The molecule has 2 aromatic carbocycles. The summed E-state index contributed by atoms with van der Waals surface area (Å²) in [5, 5.41) is 22.7. The summed E-state index contributed by atoms with van der Waals surface area (Å²) in [6.07, 6.45) is -0.322. The van der Waals surface area contributed by atoms with Crippen molar-refractivity contribution in [2.75, 3.05) is 11.1 Å². The number of hydrogen-bond donors (Lipinski definition) is 1. The van der Waals surface area contributed by atoms with E-state index in [1.807, 2.05) is 43.5 Å². The lowest BCUT2D eigenvalue weighted by Gasteiger charge is -2.16. The van der Waals surface area contributed by atoms with E-state index in [4.69, 9.17) is 4.74 Å². The third-order valence-corrected chi connectivity index (χ3v) is 5.86. The number of carbonyl (C=O) groups excluding carboxylic acids is 1. The van der Waals surface area contributed by atoms with Crippen molar-refractivity contribution >= 4 is 29.0 Å². The molecular formula is C22H25N5O4S. The number of hydrogen-bond acceptors (Lipinski definition) is 7. The second-order valence-electron chi connectivity index (χ2n) is 7.24. The highest BCUT2D eigenvalue weighted by molar-refractivity contribution is 7.99. The molecule has 1 N–H and O–H groups in total. The van der Waals surface area contributed by atoms with E-state index in [9.17, 15) is 14.9 Å². The molecule has 0 aliphatic heterocycles. The molecule has 168 valence electrons. The Kier molecular flexibility index (Phi) is 7.47. The number of aryl methyl sites for hydroxylation is 2. The van der Waals surface area contributed by atoms with Crippen molar-refractivity contribution in [2.24, 2.45) is 0 Å². The van der Waals surface area contributed by atoms with Crippen molar-refractivity contribution in [1.82, 2.24) is 14.8 Å². The highest BCUT2D eigenvalue weighted by atomic mass is 32.2. The fraction of sp³-hybridized carbons (Fsp3) is 0.318. The third kappa shape index (κ3) is 5.64. The molecule has 10 heteroatoms. The van der Waals surface area contributed by atoms with Gasteiger partial charge in [0, 0.05) is 24.4 Å². The summed E-state index contributed by atoms with van der Waals surface area (Å²) in [6.45, 7) is 8.60. The third-order valence-electron chi connectivity index (χ3n) is 4.89. The summed E-state index contributed by atoms with van der Waals surface area (Å²) in [5.74, 6) is 1.24. The summed E-state index contributed by atoms with van der Waals surface area (Å²) in [6, 6.07) is 11.8. The Balaban J connectivity index is 1.64. The smallest absolute Gasteiger partial charge is 0.271 e. The van der Waals surface area contributed by atoms with Crippen molar-refractivity contribution in [2.45, 2.75) is 45.5 Å². The van der Waals surface area contributed by atoms with Crippen LogP contribution in [0.2, 0.25) is 0 Å². The average molecular weight is 456 g/mol. The number of nitro groups is 1. The number of carbonyl (C=O) groups is 1. The largest absolute Gasteiger partial charge is 0.483 e. The first-order chi connectivity index (χ1) is 15.3. The summed E-state index contributed by atoms with van der Waals surface area (Å²) < 4.78 is 7.97. The molecule has 3 rings (SSSR count). The first-order valence-corrected chi connectivity index (χ1v) is 11.1. The predicted octanol–water partition coefficient (Wildman–Crippen LogP) is 4.69. The first-order valence-electron chi connectivity index (χ1n) is 10.1. The van der Waals surface area contributed by atoms with Crippen LogP contribution in [0.3, 0.4) is 0 Å². The minimum Gasteiger partial charge on any atom is -0.483 e. The van der Waals surface area contributed by atoms with E-state index in [1.54, 1.807) is 6.07 Å². The number of nitro benzene ring substituents is 1. The fourth-order valence-electron chi connectivity index (χ4n) is 3.07. The molecule has 1 aromatic heterocycles. The monoisotopic (exact) mass is 455 g/mol. The van der Waals surface area contributed by atoms with Gasteiger partial charge >= 0.3 is 0 Å². The second kappa shape index (κ2) is 10.3. The van der Waals surface area contributed by atoms with Crippen LogP contribution in [0.25, 0.3) is 0 Å². The lowest BCUT2D eigenvalue weighted by atomic mass is 10.1. The molecule has 1 heterocycles. The van der Waals surface area contributed by atoms with E-state index < -0.39 is 4.92 Å². The van der Waals surface area contributed by atoms with Gasteiger partial charge in [0.15, 0.2) is 17.1 Å². The minimum absolute atomic E-state index is 0.0800. The first kappa shape index (κ1) is 23.3. The van der Waals surface area contributed by atoms with Gasteiger partial charge in [-0.25, -0.2) is 0 Å². The van der Waals surface area contributed by atoms with Crippen molar-refractivity contribution in [3.05, 3.63) is 69.5 Å². The Morgan fingerprint density at radius 2 is 2.00 bits per heavy atom. The summed E-state index contributed by atoms with van der Waals surface area (Å²) in [4.78, 5) is 22.7. The number of anilines is 1. The van der Waals surface area contributed by atoms with Crippen LogP contribution in [-0.2, 0) is 11.3 Å². The van der Waals surface area contributed by atoms with Gasteiger partial charge in [-0.05, 0) is 57.0 Å². The van der Waals surface area contributed by atoms with Crippen LogP contribution in [0.4, 0.5) is 11.4 Å². The van der Waals surface area contributed by atoms with Crippen LogP contribution in [0.5, 0.6) is 5.75 Å². The Morgan fingerprint density at radius 1 is 1.22 bits per heavy atom. The number of aromatic nitrogens is 3. The molecule has 3 aromatic rings. The molecule has 0 fully saturated rings. The van der Waals surface area contributed by atoms with Gasteiger partial charge in [-0.2, -0.15) is 0 Å². The maximum Gasteiger partial charge on any atom is 0.271 e. The van der Waals surface area contributed by atoms with Gasteiger partial charge in [-0.1, -0.05) is 23.9 Å². The Hall–Kier alpha value is -3.40. The molecule has 32 heavy (non-hydrogen) atoms. The summed E-state index contributed by atoms with van der Waals surface area (Å²) in [7, 11) is 0. The summed E-state index contributed by atoms with van der Waals surface area (Å²) in [5.41, 5.74) is 2.64. The van der Waals surface area contributed by atoms with Crippen molar-refractivity contribution < 1.29 is 14.5 Å². The fourth-order valence-corrected chi connectivity index (χ4v) is 3.88. The highest BCUT2D eigenvalue weighted by Gasteiger charge is 2.20. The number of amides is 1. The van der Waals surface area contributed by atoms with Crippen molar-refractivity contribution in [3.63, 3.8) is 0 Å². The van der Waals surface area contributed by atoms with Gasteiger partial charge in [0.05, 0.1) is 10.7 Å². The molecule has 0 saturated carbocycles. The normalized spacial score (nSPS) is 11.8. The summed E-state index contributed by atoms with van der Waals surface area (Å²) >= 11 is 1.25. The number of ether oxygens (including phenoxy) is 1. The molecule has 0 aliphatic rings. The second-order valence-corrected chi connectivity index (χ2v) is 8.18. The molecule has 0 bridgehead atoms. The Bertz CT molecular complexity index is 1130. The molecule has 1 atom stereocenters. The zero-order valence-corrected chi connectivity index (χ0v) is 19.2. The zero-order chi connectivity index (χ0) is 23.3. The van der Waals surface area contributed by atoms with Crippen LogP contribution < -0.4 is 10.1 Å². The van der Waals surface area contributed by atoms with Crippen LogP contribution in [0.15, 0.2) is 47.6 Å². The number of nitrogens with zero attached hydrogens (tertiary/aromatic N) is 4. The SMILES string of the molecule is CCn1c(SCC(=O)Nc2cccc([N+](=O)[O-])c2)nnc1C(C)Oc1ccc(C)c(C)c1. The standard InChI is InChI=1S/C22H25N5O4S/c1-5-26-21(16(4)31-19-10-9-14(2)15(3)11-19)24-25-22(26)32-13-20(28)23-17-7-6-8-18(12-17)27(29)30/h6-12,16H,5,13H2,1-4H3,(H,23,28). The number of rotatable bonds is 9. The molecule has 9 nitrogen and oxygen atoms in total. The Morgan fingerprint density at radius 3 is 2.69 bits per heavy atom. The Labute approximate surface area is 190 Å². The average Bonchev–Trinajstić information content (AvgIpc) is 3.18. The van der Waals surface area contributed by atoms with Gasteiger partial charge in [-0.3, -0.25) is 14.9 Å². The topological polar surface area (TPSA) is 112 Å². The molecule has 1 amide bonds. The maximum atomic E-state index is 12.3. The van der Waals surface area contributed by atoms with Crippen LogP contribution in [-0.4, -0.2) is 31.3 Å². The van der Waals surface area contributed by atoms with E-state index in [2.05, 4.69) is 22.4 Å². The molecule has 0 spiro atoms. The van der Waals surface area contributed by atoms with E-state index in [0.717, 1.165) is 11.3 Å². The number of nitrogens with one attached hydrogen (secondary N) is 1. The van der Waals surface area contributed by atoms with Gasteiger partial charge in [-0.15, -0.1) is 10.2 Å². The zero-order valence-electron chi connectivity index (χ0n) is 18.4. The van der Waals surface area contributed by atoms with E-state index in [0.29, 0.717) is 23.2 Å². The lowest BCUT2D eigenvalue weighted by molar-refractivity contribution is -0.384. The molecular weight excluding hydrogens is 430 g/mol. The van der Waals surface area contributed by atoms with Gasteiger partial charge < -0.3 is 14.6 Å². The number of non-ortho nitro benzene ring substituents is 1. The highest BCUT2D eigenvalue weighted by Crippen LogP contribution is 2.26. The molecule has 0 aliphatic carbocycles. The number of benzene rings is 2. The van der Waals surface area contributed by atoms with E-state index in [1.165, 1.54) is 35.5 Å². The lowest BCUT2D eigenvalue weighted by Crippen LogP contribution is -2.15. The number of thioether (sulfide) groups is 1. The molecule has 0 radical (unpaired) electrons. The van der Waals surface area contributed by atoms with Gasteiger partial charge in [0.2, 0.25) is 5.91 Å². The quantitative estimate of drug-likeness (QED) is 0.283. The maximum absolute atomic E-state index is 12.3.